The molecule has 66 valence electrons. The number of nitrogens with one attached hydrogen (secondary N) is 1. The second kappa shape index (κ2) is 5.26. The van der Waals surface area contributed by atoms with Gasteiger partial charge in [-0.15, -0.1) is 0 Å². The molecule has 0 aliphatic rings. The van der Waals surface area contributed by atoms with E-state index in [1.54, 1.807) is 13.2 Å². The van der Waals surface area contributed by atoms with Gasteiger partial charge in [0.05, 0.1) is 0 Å². The highest BCUT2D eigenvalue weighted by atomic mass is 32.2. The molecule has 2 N–H and O–H groups in total. The van der Waals surface area contributed by atoms with Gasteiger partial charge in [-0.3, -0.25) is 9.00 Å². The van der Waals surface area contributed by atoms with Crippen LogP contribution in [0.25, 0.3) is 0 Å². The molecule has 0 bridgehead atoms. The van der Waals surface area contributed by atoms with Crippen LogP contribution in [0.5, 0.6) is 0 Å². The van der Waals surface area contributed by atoms with E-state index in [2.05, 4.69) is 5.32 Å². The molecule has 0 heterocycles. The summed E-state index contributed by atoms with van der Waals surface area (Å²) >= 11 is 0. The summed E-state index contributed by atoms with van der Waals surface area (Å²) in [6, 6.07) is -0.557. The summed E-state index contributed by atoms with van der Waals surface area (Å²) in [5, 5.41) is 11.1. The van der Waals surface area contributed by atoms with E-state index >= 15 is 0 Å². The maximum atomic E-state index is 10.5. The average Bonchev–Trinajstić information content (AvgIpc) is 1.86. The van der Waals surface area contributed by atoms with E-state index in [0.29, 0.717) is 12.3 Å². The zero-order chi connectivity index (χ0) is 8.85. The fraction of sp³-hybridized carbons (Fsp3) is 0.833. The first-order chi connectivity index (χ1) is 5.04. The van der Waals surface area contributed by atoms with Gasteiger partial charge in [-0.05, 0) is 6.92 Å². The molecule has 0 aromatic heterocycles. The van der Waals surface area contributed by atoms with Crippen molar-refractivity contribution in [3.8, 4) is 0 Å². The van der Waals surface area contributed by atoms with Crippen LogP contribution >= 0.6 is 0 Å². The van der Waals surface area contributed by atoms with Crippen LogP contribution in [0, 0.1) is 0 Å². The molecule has 0 rings (SSSR count). The molecule has 0 saturated carbocycles. The number of hydrogen-bond acceptors (Lipinski definition) is 3. The van der Waals surface area contributed by atoms with Crippen molar-refractivity contribution in [2.24, 2.45) is 0 Å². The van der Waals surface area contributed by atoms with Crippen molar-refractivity contribution in [2.75, 3.05) is 18.6 Å². The first-order valence-electron chi connectivity index (χ1n) is 3.30. The molecule has 5 heteroatoms. The molecule has 2 atom stereocenters. The molecule has 0 fully saturated rings. The number of aliphatic carboxylic acids is 1. The van der Waals surface area contributed by atoms with Gasteiger partial charge in [-0.1, -0.05) is 0 Å². The highest BCUT2D eigenvalue weighted by Gasteiger charge is 2.08. The molecular formula is C6H13NO3S. The Morgan fingerprint density at radius 2 is 2.27 bits per heavy atom. The second-order valence-corrected chi connectivity index (χ2v) is 3.85. The summed E-state index contributed by atoms with van der Waals surface area (Å²) in [4.78, 5) is 10.2. The number of carboxylic acid groups (broad SMARTS) is 1. The van der Waals surface area contributed by atoms with Crippen molar-refractivity contribution in [3.63, 3.8) is 0 Å². The first kappa shape index (κ1) is 10.6. The third-order valence-electron chi connectivity index (χ3n) is 1.21. The molecule has 11 heavy (non-hydrogen) atoms. The molecular weight excluding hydrogens is 166 g/mol. The highest BCUT2D eigenvalue weighted by Crippen LogP contribution is 1.80. The molecule has 0 radical (unpaired) electrons. The SMILES string of the molecule is CC(NCCS(C)=O)C(=O)O. The van der Waals surface area contributed by atoms with E-state index in [9.17, 15) is 9.00 Å². The minimum Gasteiger partial charge on any atom is -0.480 e. The zero-order valence-electron chi connectivity index (χ0n) is 6.66. The van der Waals surface area contributed by atoms with Crippen LogP contribution in [0.1, 0.15) is 6.92 Å². The summed E-state index contributed by atoms with van der Waals surface area (Å²) in [5.41, 5.74) is 0. The van der Waals surface area contributed by atoms with Crippen molar-refractivity contribution < 1.29 is 14.1 Å². The topological polar surface area (TPSA) is 66.4 Å². The Morgan fingerprint density at radius 1 is 1.73 bits per heavy atom. The highest BCUT2D eigenvalue weighted by molar-refractivity contribution is 7.84. The van der Waals surface area contributed by atoms with E-state index in [4.69, 9.17) is 5.11 Å². The van der Waals surface area contributed by atoms with Crippen molar-refractivity contribution in [3.05, 3.63) is 0 Å². The largest absolute Gasteiger partial charge is 0.480 e. The fourth-order valence-corrected chi connectivity index (χ4v) is 0.912. The van der Waals surface area contributed by atoms with Gasteiger partial charge in [-0.25, -0.2) is 0 Å². The molecule has 0 aliphatic carbocycles. The normalized spacial score (nSPS) is 15.8. The van der Waals surface area contributed by atoms with Crippen LogP contribution in [-0.4, -0.2) is 39.9 Å². The van der Waals surface area contributed by atoms with Crippen LogP contribution in [0.4, 0.5) is 0 Å². The summed E-state index contributed by atoms with van der Waals surface area (Å²) in [7, 11) is -0.851. The standard InChI is InChI=1S/C6H13NO3S/c1-5(6(8)9)7-3-4-11(2)10/h5,7H,3-4H2,1-2H3,(H,8,9). The molecule has 0 aromatic carbocycles. The lowest BCUT2D eigenvalue weighted by atomic mass is 10.3. The van der Waals surface area contributed by atoms with Crippen molar-refractivity contribution in [1.82, 2.24) is 5.32 Å². The van der Waals surface area contributed by atoms with Gasteiger partial charge in [0, 0.05) is 29.4 Å². The Morgan fingerprint density at radius 3 is 2.64 bits per heavy atom. The quantitative estimate of drug-likeness (QED) is 0.593. The van der Waals surface area contributed by atoms with Crippen LogP contribution in [0.3, 0.4) is 0 Å². The Bertz CT molecular complexity index is 160. The van der Waals surface area contributed by atoms with Crippen LogP contribution in [0.2, 0.25) is 0 Å². The lowest BCUT2D eigenvalue weighted by Gasteiger charge is -2.06. The van der Waals surface area contributed by atoms with Gasteiger partial charge >= 0.3 is 5.97 Å². The molecule has 2 unspecified atom stereocenters. The molecule has 0 aromatic rings. The smallest absolute Gasteiger partial charge is 0.320 e. The van der Waals surface area contributed by atoms with E-state index in [1.165, 1.54) is 0 Å². The van der Waals surface area contributed by atoms with Crippen LogP contribution in [0.15, 0.2) is 0 Å². The molecule has 4 nitrogen and oxygen atoms in total. The summed E-state index contributed by atoms with van der Waals surface area (Å²) in [6.07, 6.45) is 1.59. The number of carbonyl (C=O) groups is 1. The first-order valence-corrected chi connectivity index (χ1v) is 5.03. The van der Waals surface area contributed by atoms with E-state index in [0.717, 1.165) is 0 Å². The molecule has 0 aliphatic heterocycles. The third kappa shape index (κ3) is 6.00. The van der Waals surface area contributed by atoms with Crippen LogP contribution < -0.4 is 5.32 Å². The van der Waals surface area contributed by atoms with Crippen molar-refractivity contribution in [2.45, 2.75) is 13.0 Å². The number of carboxylic acids is 1. The lowest BCUT2D eigenvalue weighted by Crippen LogP contribution is -2.35. The minimum absolute atomic E-state index is 0.483. The van der Waals surface area contributed by atoms with Crippen molar-refractivity contribution >= 4 is 16.8 Å². The van der Waals surface area contributed by atoms with Gasteiger partial charge in [0.2, 0.25) is 0 Å². The Labute approximate surface area is 68.4 Å². The van der Waals surface area contributed by atoms with E-state index < -0.39 is 22.8 Å². The third-order valence-corrected chi connectivity index (χ3v) is 1.99. The Balaban J connectivity index is 3.39. The molecule has 0 amide bonds. The number of hydrogen-bond donors (Lipinski definition) is 2. The van der Waals surface area contributed by atoms with Gasteiger partial charge in [0.25, 0.3) is 0 Å². The predicted octanol–water partition coefficient (Wildman–Crippen LogP) is -0.572. The Hall–Kier alpha value is -0.420. The monoisotopic (exact) mass is 179 g/mol. The maximum Gasteiger partial charge on any atom is 0.320 e. The van der Waals surface area contributed by atoms with Crippen LogP contribution in [-0.2, 0) is 15.6 Å². The zero-order valence-corrected chi connectivity index (χ0v) is 7.48. The second-order valence-electron chi connectivity index (χ2n) is 2.29. The van der Waals surface area contributed by atoms with Gasteiger partial charge in [0.15, 0.2) is 0 Å². The minimum atomic E-state index is -0.883. The fourth-order valence-electron chi connectivity index (χ4n) is 0.506. The van der Waals surface area contributed by atoms with Gasteiger partial charge < -0.3 is 10.4 Å². The summed E-state index contributed by atoms with van der Waals surface area (Å²) in [6.45, 7) is 2.04. The van der Waals surface area contributed by atoms with E-state index in [1.807, 2.05) is 0 Å². The number of rotatable bonds is 5. The Kier molecular flexibility index (Phi) is 5.06. The maximum absolute atomic E-state index is 10.5. The summed E-state index contributed by atoms with van der Waals surface area (Å²) < 4.78 is 10.5. The molecule has 0 spiro atoms. The van der Waals surface area contributed by atoms with Gasteiger partial charge in [-0.2, -0.15) is 0 Å². The summed E-state index contributed by atoms with van der Waals surface area (Å²) in [5.74, 6) is -0.385. The predicted molar refractivity (Wildman–Crippen MR) is 44.0 cm³/mol. The lowest BCUT2D eigenvalue weighted by molar-refractivity contribution is -0.138. The van der Waals surface area contributed by atoms with E-state index in [-0.39, 0.29) is 0 Å². The average molecular weight is 179 g/mol. The van der Waals surface area contributed by atoms with Crippen molar-refractivity contribution in [1.29, 1.82) is 0 Å². The molecule has 0 saturated heterocycles. The van der Waals surface area contributed by atoms with Gasteiger partial charge in [0.1, 0.15) is 6.04 Å².